The van der Waals surface area contributed by atoms with Crippen molar-refractivity contribution < 1.29 is 9.90 Å². The summed E-state index contributed by atoms with van der Waals surface area (Å²) in [5.74, 6) is -0.250. The zero-order valence-corrected chi connectivity index (χ0v) is 8.08. The number of nitrogen functional groups attached to an aromatic ring is 1. The smallest absolute Gasteiger partial charge is 0.253 e. The molecule has 0 radical (unpaired) electrons. The third-order valence-electron chi connectivity index (χ3n) is 1.85. The standard InChI is InChI=1S/C10H14N2O2/c1-7-2-3-9(11)8(6-7)10(14)12-4-5-13/h2-3,6,13H,4-5,11H2,1H3,(H,12,14). The van der Waals surface area contributed by atoms with E-state index in [9.17, 15) is 4.79 Å². The Kier molecular flexibility index (Phi) is 3.48. The number of nitrogens with two attached hydrogens (primary N) is 1. The zero-order valence-electron chi connectivity index (χ0n) is 8.08. The van der Waals surface area contributed by atoms with Gasteiger partial charge in [-0.3, -0.25) is 4.79 Å². The Morgan fingerprint density at radius 2 is 2.29 bits per heavy atom. The molecule has 4 N–H and O–H groups in total. The summed E-state index contributed by atoms with van der Waals surface area (Å²) in [5.41, 5.74) is 7.53. The highest BCUT2D eigenvalue weighted by molar-refractivity contribution is 5.99. The second-order valence-electron chi connectivity index (χ2n) is 3.07. The van der Waals surface area contributed by atoms with Crippen molar-refractivity contribution in [3.63, 3.8) is 0 Å². The number of benzene rings is 1. The van der Waals surface area contributed by atoms with Crippen molar-refractivity contribution in [3.05, 3.63) is 29.3 Å². The van der Waals surface area contributed by atoms with Gasteiger partial charge in [0.05, 0.1) is 12.2 Å². The summed E-state index contributed by atoms with van der Waals surface area (Å²) in [5, 5.41) is 11.1. The van der Waals surface area contributed by atoms with Crippen molar-refractivity contribution in [3.8, 4) is 0 Å². The molecule has 1 rings (SSSR count). The van der Waals surface area contributed by atoms with Crippen molar-refractivity contribution in [2.24, 2.45) is 0 Å². The Labute approximate surface area is 82.7 Å². The lowest BCUT2D eigenvalue weighted by molar-refractivity contribution is 0.0945. The fourth-order valence-corrected chi connectivity index (χ4v) is 1.13. The number of carbonyl (C=O) groups excluding carboxylic acids is 1. The van der Waals surface area contributed by atoms with Gasteiger partial charge in [-0.25, -0.2) is 0 Å². The third kappa shape index (κ3) is 2.47. The molecular formula is C10H14N2O2. The van der Waals surface area contributed by atoms with Gasteiger partial charge in [-0.15, -0.1) is 0 Å². The fourth-order valence-electron chi connectivity index (χ4n) is 1.13. The van der Waals surface area contributed by atoms with Crippen LogP contribution in [-0.2, 0) is 0 Å². The van der Waals surface area contributed by atoms with Gasteiger partial charge in [0.25, 0.3) is 5.91 Å². The molecule has 4 heteroatoms. The summed E-state index contributed by atoms with van der Waals surface area (Å²) in [6.07, 6.45) is 0. The van der Waals surface area contributed by atoms with Crippen molar-refractivity contribution in [2.75, 3.05) is 18.9 Å². The van der Waals surface area contributed by atoms with Crippen LogP contribution < -0.4 is 11.1 Å². The molecule has 0 aliphatic rings. The molecule has 0 fully saturated rings. The molecule has 14 heavy (non-hydrogen) atoms. The second kappa shape index (κ2) is 4.62. The van der Waals surface area contributed by atoms with E-state index in [1.165, 1.54) is 0 Å². The van der Waals surface area contributed by atoms with Crippen LogP contribution in [0.15, 0.2) is 18.2 Å². The molecule has 1 aromatic rings. The van der Waals surface area contributed by atoms with Gasteiger partial charge >= 0.3 is 0 Å². The summed E-state index contributed by atoms with van der Waals surface area (Å²) in [6, 6.07) is 5.27. The van der Waals surface area contributed by atoms with Crippen LogP contribution in [0, 0.1) is 6.92 Å². The van der Waals surface area contributed by atoms with Gasteiger partial charge in [-0.05, 0) is 19.1 Å². The van der Waals surface area contributed by atoms with E-state index in [1.807, 2.05) is 13.0 Å². The first kappa shape index (κ1) is 10.5. The van der Waals surface area contributed by atoms with Crippen LogP contribution >= 0.6 is 0 Å². The highest BCUT2D eigenvalue weighted by atomic mass is 16.3. The minimum atomic E-state index is -0.250. The zero-order chi connectivity index (χ0) is 10.6. The fraction of sp³-hybridized carbons (Fsp3) is 0.300. The summed E-state index contributed by atoms with van der Waals surface area (Å²) in [4.78, 5) is 11.5. The molecule has 0 heterocycles. The highest BCUT2D eigenvalue weighted by Gasteiger charge is 2.08. The first-order chi connectivity index (χ1) is 6.65. The molecule has 0 unspecified atom stereocenters. The van der Waals surface area contributed by atoms with Crippen molar-refractivity contribution in [2.45, 2.75) is 6.92 Å². The number of rotatable bonds is 3. The van der Waals surface area contributed by atoms with Gasteiger partial charge in [0.15, 0.2) is 0 Å². The SMILES string of the molecule is Cc1ccc(N)c(C(=O)NCCO)c1. The number of carbonyl (C=O) groups is 1. The molecule has 0 saturated carbocycles. The molecule has 0 aromatic heterocycles. The molecule has 0 saturated heterocycles. The number of nitrogens with one attached hydrogen (secondary N) is 1. The van der Waals surface area contributed by atoms with Crippen molar-refractivity contribution in [1.82, 2.24) is 5.32 Å². The van der Waals surface area contributed by atoms with Gasteiger partial charge in [-0.2, -0.15) is 0 Å². The van der Waals surface area contributed by atoms with Gasteiger partial charge in [0.1, 0.15) is 0 Å². The van der Waals surface area contributed by atoms with Gasteiger partial charge in [-0.1, -0.05) is 11.6 Å². The van der Waals surface area contributed by atoms with E-state index in [4.69, 9.17) is 10.8 Å². The lowest BCUT2D eigenvalue weighted by Crippen LogP contribution is -2.27. The third-order valence-corrected chi connectivity index (χ3v) is 1.85. The summed E-state index contributed by atoms with van der Waals surface area (Å²) in [6.45, 7) is 2.06. The number of aliphatic hydroxyl groups excluding tert-OH is 1. The van der Waals surface area contributed by atoms with Crippen molar-refractivity contribution >= 4 is 11.6 Å². The quantitative estimate of drug-likeness (QED) is 0.606. The summed E-state index contributed by atoms with van der Waals surface area (Å²) >= 11 is 0. The molecule has 0 spiro atoms. The van der Waals surface area contributed by atoms with Gasteiger partial charge in [0, 0.05) is 12.2 Å². The normalized spacial score (nSPS) is 9.86. The Balaban J connectivity index is 2.83. The van der Waals surface area contributed by atoms with E-state index in [1.54, 1.807) is 12.1 Å². The molecular weight excluding hydrogens is 180 g/mol. The molecule has 4 nitrogen and oxygen atoms in total. The van der Waals surface area contributed by atoms with E-state index >= 15 is 0 Å². The Hall–Kier alpha value is -1.55. The first-order valence-corrected chi connectivity index (χ1v) is 4.40. The predicted octanol–water partition coefficient (Wildman–Crippen LogP) is 0.299. The average Bonchev–Trinajstić information content (AvgIpc) is 2.18. The maximum atomic E-state index is 11.5. The van der Waals surface area contributed by atoms with E-state index in [0.29, 0.717) is 11.3 Å². The minimum Gasteiger partial charge on any atom is -0.398 e. The summed E-state index contributed by atoms with van der Waals surface area (Å²) < 4.78 is 0. The van der Waals surface area contributed by atoms with Crippen LogP contribution in [0.1, 0.15) is 15.9 Å². The van der Waals surface area contributed by atoms with Crippen LogP contribution in [0.2, 0.25) is 0 Å². The molecule has 1 amide bonds. The Morgan fingerprint density at radius 1 is 1.57 bits per heavy atom. The van der Waals surface area contributed by atoms with E-state index in [0.717, 1.165) is 5.56 Å². The highest BCUT2D eigenvalue weighted by Crippen LogP contribution is 2.13. The molecule has 0 bridgehead atoms. The topological polar surface area (TPSA) is 75.4 Å². The largest absolute Gasteiger partial charge is 0.398 e. The lowest BCUT2D eigenvalue weighted by atomic mass is 10.1. The average molecular weight is 194 g/mol. The Bertz CT molecular complexity index is 337. The second-order valence-corrected chi connectivity index (χ2v) is 3.07. The van der Waals surface area contributed by atoms with E-state index in [-0.39, 0.29) is 19.1 Å². The van der Waals surface area contributed by atoms with Crippen LogP contribution in [0.5, 0.6) is 0 Å². The van der Waals surface area contributed by atoms with Crippen LogP contribution in [0.4, 0.5) is 5.69 Å². The number of aryl methyl sites for hydroxylation is 1. The Morgan fingerprint density at radius 3 is 2.93 bits per heavy atom. The molecule has 0 aliphatic heterocycles. The molecule has 76 valence electrons. The van der Waals surface area contributed by atoms with Crippen LogP contribution in [-0.4, -0.2) is 24.2 Å². The summed E-state index contributed by atoms with van der Waals surface area (Å²) in [7, 11) is 0. The number of anilines is 1. The maximum Gasteiger partial charge on any atom is 0.253 e. The number of amides is 1. The van der Waals surface area contributed by atoms with Crippen LogP contribution in [0.25, 0.3) is 0 Å². The molecule has 0 aliphatic carbocycles. The number of hydrogen-bond acceptors (Lipinski definition) is 3. The molecule has 1 aromatic carbocycles. The van der Waals surface area contributed by atoms with Gasteiger partial charge < -0.3 is 16.2 Å². The van der Waals surface area contributed by atoms with E-state index < -0.39 is 0 Å². The van der Waals surface area contributed by atoms with E-state index in [2.05, 4.69) is 5.32 Å². The minimum absolute atomic E-state index is 0.0720. The lowest BCUT2D eigenvalue weighted by Gasteiger charge is -2.06. The van der Waals surface area contributed by atoms with Crippen molar-refractivity contribution in [1.29, 1.82) is 0 Å². The monoisotopic (exact) mass is 194 g/mol. The maximum absolute atomic E-state index is 11.5. The predicted molar refractivity (Wildman–Crippen MR) is 55.0 cm³/mol. The van der Waals surface area contributed by atoms with Gasteiger partial charge in [0.2, 0.25) is 0 Å². The van der Waals surface area contributed by atoms with Crippen LogP contribution in [0.3, 0.4) is 0 Å². The molecule has 0 atom stereocenters. The number of aliphatic hydroxyl groups is 1. The first-order valence-electron chi connectivity index (χ1n) is 4.40. The number of hydrogen-bond donors (Lipinski definition) is 3.